The molecule has 0 unspecified atom stereocenters. The summed E-state index contributed by atoms with van der Waals surface area (Å²) in [5.74, 6) is -0.0208. The van der Waals surface area contributed by atoms with Gasteiger partial charge in [0.2, 0.25) is 5.91 Å². The maximum Gasteiger partial charge on any atom is 0.252 e. The monoisotopic (exact) mass is 346 g/mol. The van der Waals surface area contributed by atoms with Crippen molar-refractivity contribution >= 4 is 16.8 Å². The molecule has 0 radical (unpaired) electrons. The Morgan fingerprint density at radius 1 is 1.15 bits per heavy atom. The predicted octanol–water partition coefficient (Wildman–Crippen LogP) is 3.61. The van der Waals surface area contributed by atoms with Crippen molar-refractivity contribution < 1.29 is 4.79 Å². The number of aryl methyl sites for hydroxylation is 1. The van der Waals surface area contributed by atoms with Crippen molar-refractivity contribution in [3.63, 3.8) is 0 Å². The molecular formula is C22H22N2O2. The van der Waals surface area contributed by atoms with Crippen LogP contribution in [0.3, 0.4) is 0 Å². The van der Waals surface area contributed by atoms with Gasteiger partial charge in [0.25, 0.3) is 5.56 Å². The highest BCUT2D eigenvalue weighted by Crippen LogP contribution is 2.33. The summed E-state index contributed by atoms with van der Waals surface area (Å²) in [6.45, 7) is 0. The molecule has 2 aromatic carbocycles. The molecule has 0 fully saturated rings. The Labute approximate surface area is 152 Å². The molecule has 0 saturated heterocycles. The van der Waals surface area contributed by atoms with E-state index >= 15 is 0 Å². The van der Waals surface area contributed by atoms with Crippen molar-refractivity contribution in [2.75, 3.05) is 7.05 Å². The predicted molar refractivity (Wildman–Crippen MR) is 103 cm³/mol. The number of carbonyl (C=O) groups excluding carboxylic acids is 1. The second kappa shape index (κ2) is 6.79. The minimum absolute atomic E-state index is 0.0208. The van der Waals surface area contributed by atoms with Gasteiger partial charge in [-0.15, -0.1) is 0 Å². The number of H-pyrrole nitrogens is 1. The van der Waals surface area contributed by atoms with Gasteiger partial charge in [0, 0.05) is 18.1 Å². The lowest BCUT2D eigenvalue weighted by Gasteiger charge is -2.33. The molecule has 1 amide bonds. The molecule has 0 saturated carbocycles. The quantitative estimate of drug-likeness (QED) is 0.788. The third-order valence-electron chi connectivity index (χ3n) is 5.37. The standard InChI is InChI=1S/C22H22N2O2/c1-24(20-12-6-9-15-7-2-4-10-18(15)20)21(25)14-17-13-16-8-3-5-11-19(16)23-22(17)26/h2-5,7-8,10-11,13,20H,6,9,12,14H2,1H3,(H,23,26)/t20-/m1/s1. The van der Waals surface area contributed by atoms with Gasteiger partial charge in [-0.25, -0.2) is 0 Å². The maximum absolute atomic E-state index is 12.9. The van der Waals surface area contributed by atoms with Crippen LogP contribution in [0.2, 0.25) is 0 Å². The number of rotatable bonds is 3. The number of fused-ring (bicyclic) bond motifs is 2. The van der Waals surface area contributed by atoms with Gasteiger partial charge in [0.05, 0.1) is 12.5 Å². The molecule has 3 aromatic rings. The molecule has 0 bridgehead atoms. The number of benzene rings is 2. The number of amides is 1. The first-order valence-corrected chi connectivity index (χ1v) is 9.08. The highest BCUT2D eigenvalue weighted by Gasteiger charge is 2.26. The van der Waals surface area contributed by atoms with E-state index < -0.39 is 0 Å². The van der Waals surface area contributed by atoms with E-state index in [0.717, 1.165) is 30.2 Å². The molecule has 0 spiro atoms. The smallest absolute Gasteiger partial charge is 0.252 e. The maximum atomic E-state index is 12.9. The van der Waals surface area contributed by atoms with Crippen LogP contribution >= 0.6 is 0 Å². The first kappa shape index (κ1) is 16.6. The van der Waals surface area contributed by atoms with Crippen LogP contribution in [0.4, 0.5) is 0 Å². The van der Waals surface area contributed by atoms with Crippen molar-refractivity contribution in [1.29, 1.82) is 0 Å². The SMILES string of the molecule is CN(C(=O)Cc1cc2ccccc2[nH]c1=O)[C@@H]1CCCc2ccccc21. The normalized spacial score (nSPS) is 16.3. The number of para-hydroxylation sites is 1. The van der Waals surface area contributed by atoms with Gasteiger partial charge in [0.15, 0.2) is 0 Å². The summed E-state index contributed by atoms with van der Waals surface area (Å²) in [7, 11) is 1.85. The second-order valence-electron chi connectivity index (χ2n) is 7.00. The Morgan fingerprint density at radius 2 is 1.92 bits per heavy atom. The molecule has 4 nitrogen and oxygen atoms in total. The minimum Gasteiger partial charge on any atom is -0.338 e. The number of aromatic amines is 1. The lowest BCUT2D eigenvalue weighted by atomic mass is 9.87. The van der Waals surface area contributed by atoms with E-state index in [2.05, 4.69) is 23.2 Å². The Balaban J connectivity index is 1.59. The average Bonchev–Trinajstić information content (AvgIpc) is 2.67. The zero-order valence-electron chi connectivity index (χ0n) is 14.9. The van der Waals surface area contributed by atoms with Gasteiger partial charge in [-0.3, -0.25) is 9.59 Å². The summed E-state index contributed by atoms with van der Waals surface area (Å²) in [5, 5.41) is 0.945. The van der Waals surface area contributed by atoms with Gasteiger partial charge in [-0.05, 0) is 47.9 Å². The second-order valence-corrected chi connectivity index (χ2v) is 7.00. The lowest BCUT2D eigenvalue weighted by molar-refractivity contribution is -0.131. The lowest BCUT2D eigenvalue weighted by Crippen LogP contribution is -2.35. The molecule has 1 atom stereocenters. The highest BCUT2D eigenvalue weighted by molar-refractivity contribution is 5.82. The van der Waals surface area contributed by atoms with Gasteiger partial charge in [0.1, 0.15) is 0 Å². The topological polar surface area (TPSA) is 53.2 Å². The first-order chi connectivity index (χ1) is 12.6. The van der Waals surface area contributed by atoms with E-state index in [9.17, 15) is 9.59 Å². The minimum atomic E-state index is -0.186. The number of nitrogens with zero attached hydrogens (tertiary/aromatic N) is 1. The molecule has 1 N–H and O–H groups in total. The van der Waals surface area contributed by atoms with Crippen molar-refractivity contribution in [3.05, 3.63) is 81.6 Å². The molecule has 1 heterocycles. The Morgan fingerprint density at radius 3 is 2.81 bits per heavy atom. The van der Waals surface area contributed by atoms with E-state index in [1.807, 2.05) is 48.3 Å². The largest absolute Gasteiger partial charge is 0.338 e. The van der Waals surface area contributed by atoms with Crippen molar-refractivity contribution in [2.45, 2.75) is 31.7 Å². The number of hydrogen-bond donors (Lipinski definition) is 1. The zero-order valence-corrected chi connectivity index (χ0v) is 14.9. The summed E-state index contributed by atoms with van der Waals surface area (Å²) in [6, 6.07) is 17.9. The molecule has 26 heavy (non-hydrogen) atoms. The first-order valence-electron chi connectivity index (χ1n) is 9.08. The summed E-state index contributed by atoms with van der Waals surface area (Å²) in [6.07, 6.45) is 3.23. The molecule has 4 heteroatoms. The van der Waals surface area contributed by atoms with Crippen LogP contribution in [-0.4, -0.2) is 22.8 Å². The molecule has 4 rings (SSSR count). The van der Waals surface area contributed by atoms with Crippen LogP contribution in [0.5, 0.6) is 0 Å². The van der Waals surface area contributed by atoms with Crippen molar-refractivity contribution in [2.24, 2.45) is 0 Å². The van der Waals surface area contributed by atoms with Gasteiger partial charge >= 0.3 is 0 Å². The summed E-state index contributed by atoms with van der Waals surface area (Å²) in [5.41, 5.74) is 3.69. The van der Waals surface area contributed by atoms with Crippen LogP contribution in [0.25, 0.3) is 10.9 Å². The Kier molecular flexibility index (Phi) is 4.33. The molecule has 1 aliphatic carbocycles. The van der Waals surface area contributed by atoms with E-state index in [4.69, 9.17) is 0 Å². The van der Waals surface area contributed by atoms with E-state index in [1.165, 1.54) is 11.1 Å². The Hall–Kier alpha value is -2.88. The fraction of sp³-hybridized carbons (Fsp3) is 0.273. The molecule has 1 aromatic heterocycles. The zero-order chi connectivity index (χ0) is 18.1. The molecule has 0 aliphatic heterocycles. The third-order valence-corrected chi connectivity index (χ3v) is 5.37. The number of aromatic nitrogens is 1. The van der Waals surface area contributed by atoms with Gasteiger partial charge in [-0.1, -0.05) is 42.5 Å². The van der Waals surface area contributed by atoms with Crippen LogP contribution in [0.15, 0.2) is 59.4 Å². The number of likely N-dealkylation sites (N-methyl/N-ethyl adjacent to an activating group) is 1. The van der Waals surface area contributed by atoms with Crippen LogP contribution in [0.1, 0.15) is 35.6 Å². The third kappa shape index (κ3) is 3.03. The summed E-state index contributed by atoms with van der Waals surface area (Å²) < 4.78 is 0. The van der Waals surface area contributed by atoms with Crippen molar-refractivity contribution in [3.8, 4) is 0 Å². The summed E-state index contributed by atoms with van der Waals surface area (Å²) in [4.78, 5) is 29.9. The highest BCUT2D eigenvalue weighted by atomic mass is 16.2. The van der Waals surface area contributed by atoms with Crippen LogP contribution < -0.4 is 5.56 Å². The fourth-order valence-electron chi connectivity index (χ4n) is 3.92. The van der Waals surface area contributed by atoms with E-state index in [0.29, 0.717) is 5.56 Å². The summed E-state index contributed by atoms with van der Waals surface area (Å²) >= 11 is 0. The van der Waals surface area contributed by atoms with Crippen LogP contribution in [-0.2, 0) is 17.6 Å². The molecular weight excluding hydrogens is 324 g/mol. The van der Waals surface area contributed by atoms with Gasteiger partial charge < -0.3 is 9.88 Å². The molecule has 132 valence electrons. The number of nitrogens with one attached hydrogen (secondary N) is 1. The van der Waals surface area contributed by atoms with E-state index in [-0.39, 0.29) is 23.9 Å². The molecule has 1 aliphatic rings. The fourth-order valence-corrected chi connectivity index (χ4v) is 3.92. The number of carbonyl (C=O) groups is 1. The van der Waals surface area contributed by atoms with Crippen molar-refractivity contribution in [1.82, 2.24) is 9.88 Å². The average molecular weight is 346 g/mol. The van der Waals surface area contributed by atoms with Crippen LogP contribution in [0, 0.1) is 0 Å². The van der Waals surface area contributed by atoms with E-state index in [1.54, 1.807) is 0 Å². The Bertz CT molecular complexity index is 1020. The van der Waals surface area contributed by atoms with Gasteiger partial charge in [-0.2, -0.15) is 0 Å². The number of hydrogen-bond acceptors (Lipinski definition) is 2. The number of pyridine rings is 1.